The van der Waals surface area contributed by atoms with Gasteiger partial charge in [0.05, 0.1) is 5.75 Å². The first-order chi connectivity index (χ1) is 9.72. The summed E-state index contributed by atoms with van der Waals surface area (Å²) in [5.41, 5.74) is 0. The third-order valence-electron chi connectivity index (χ3n) is 4.13. The summed E-state index contributed by atoms with van der Waals surface area (Å²) < 4.78 is 5.53. The van der Waals surface area contributed by atoms with Gasteiger partial charge in [0.15, 0.2) is 0 Å². The van der Waals surface area contributed by atoms with Crippen LogP contribution in [-0.4, -0.2) is 27.9 Å². The van der Waals surface area contributed by atoms with E-state index in [4.69, 9.17) is 4.42 Å². The minimum absolute atomic E-state index is 0.0694. The van der Waals surface area contributed by atoms with Gasteiger partial charge in [-0.3, -0.25) is 4.79 Å². The zero-order valence-electron chi connectivity index (χ0n) is 11.8. The quantitative estimate of drug-likeness (QED) is 0.846. The molecule has 0 aliphatic heterocycles. The Kier molecular flexibility index (Phi) is 4.29. The van der Waals surface area contributed by atoms with Gasteiger partial charge in [-0.1, -0.05) is 31.5 Å². The number of nitrogens with one attached hydrogen (secondary N) is 1. The van der Waals surface area contributed by atoms with Gasteiger partial charge >= 0.3 is 0 Å². The van der Waals surface area contributed by atoms with Crippen LogP contribution in [0.5, 0.6) is 0 Å². The fourth-order valence-corrected chi connectivity index (χ4v) is 3.26. The number of hydrogen-bond donors (Lipinski definition) is 1. The third-order valence-corrected chi connectivity index (χ3v) is 4.95. The maximum atomic E-state index is 12.0. The molecule has 5 nitrogen and oxygen atoms in total. The molecule has 0 bridgehead atoms. The first kappa shape index (κ1) is 13.9. The lowest BCUT2D eigenvalue weighted by molar-refractivity contribution is -0.119. The van der Waals surface area contributed by atoms with Crippen LogP contribution in [-0.2, 0) is 4.79 Å². The molecule has 110 valence electrons. The number of carbonyl (C=O) groups excluding carboxylic acids is 1. The molecule has 2 aliphatic rings. The highest BCUT2D eigenvalue weighted by Gasteiger charge is 2.29. The van der Waals surface area contributed by atoms with E-state index in [1.165, 1.54) is 31.0 Å². The maximum Gasteiger partial charge on any atom is 0.277 e. The van der Waals surface area contributed by atoms with Crippen molar-refractivity contribution < 1.29 is 9.21 Å². The SMILES string of the molecule is C[C@H]1CCCC[C@@H]1NC(=O)CSc1nnc(C2CC2)o1. The normalized spacial score (nSPS) is 26.4. The lowest BCUT2D eigenvalue weighted by atomic mass is 9.86. The van der Waals surface area contributed by atoms with E-state index in [9.17, 15) is 4.79 Å². The Labute approximate surface area is 123 Å². The molecule has 0 radical (unpaired) electrons. The van der Waals surface area contributed by atoms with Gasteiger partial charge in [-0.05, 0) is 31.6 Å². The fraction of sp³-hybridized carbons (Fsp3) is 0.786. The molecular weight excluding hydrogens is 274 g/mol. The molecule has 1 amide bonds. The molecule has 1 aromatic heterocycles. The van der Waals surface area contributed by atoms with E-state index >= 15 is 0 Å². The van der Waals surface area contributed by atoms with Crippen LogP contribution >= 0.6 is 11.8 Å². The first-order valence-corrected chi connectivity index (χ1v) is 8.46. The highest BCUT2D eigenvalue weighted by atomic mass is 32.2. The van der Waals surface area contributed by atoms with E-state index in [-0.39, 0.29) is 5.91 Å². The summed E-state index contributed by atoms with van der Waals surface area (Å²) in [6.07, 6.45) is 7.11. The number of rotatable bonds is 5. The number of carbonyl (C=O) groups is 1. The fourth-order valence-electron chi connectivity index (χ4n) is 2.68. The summed E-state index contributed by atoms with van der Waals surface area (Å²) >= 11 is 1.33. The van der Waals surface area contributed by atoms with E-state index < -0.39 is 0 Å². The van der Waals surface area contributed by atoms with Crippen molar-refractivity contribution in [2.45, 2.75) is 62.6 Å². The smallest absolute Gasteiger partial charge is 0.277 e. The van der Waals surface area contributed by atoms with Gasteiger partial charge in [-0.25, -0.2) is 0 Å². The van der Waals surface area contributed by atoms with Gasteiger partial charge in [0, 0.05) is 12.0 Å². The van der Waals surface area contributed by atoms with Crippen LogP contribution in [0.4, 0.5) is 0 Å². The number of aromatic nitrogens is 2. The molecule has 2 atom stereocenters. The highest BCUT2D eigenvalue weighted by Crippen LogP contribution is 2.39. The predicted molar refractivity (Wildman–Crippen MR) is 76.6 cm³/mol. The zero-order valence-corrected chi connectivity index (χ0v) is 12.6. The molecule has 0 aromatic carbocycles. The van der Waals surface area contributed by atoms with Gasteiger partial charge in [-0.15, -0.1) is 10.2 Å². The summed E-state index contributed by atoms with van der Waals surface area (Å²) in [6, 6.07) is 0.335. The minimum atomic E-state index is 0.0694. The summed E-state index contributed by atoms with van der Waals surface area (Å²) in [5, 5.41) is 11.6. The van der Waals surface area contributed by atoms with Gasteiger partial charge in [0.25, 0.3) is 5.22 Å². The Balaban J connectivity index is 1.43. The summed E-state index contributed by atoms with van der Waals surface area (Å²) in [6.45, 7) is 2.22. The average Bonchev–Trinajstić information content (AvgIpc) is 3.18. The molecule has 0 saturated heterocycles. The van der Waals surface area contributed by atoms with Crippen LogP contribution in [0.2, 0.25) is 0 Å². The summed E-state index contributed by atoms with van der Waals surface area (Å²) in [4.78, 5) is 12.0. The Morgan fingerprint density at radius 2 is 2.10 bits per heavy atom. The van der Waals surface area contributed by atoms with Crippen LogP contribution in [0, 0.1) is 5.92 Å². The second kappa shape index (κ2) is 6.16. The molecule has 1 N–H and O–H groups in total. The lowest BCUT2D eigenvalue weighted by Crippen LogP contribution is -2.41. The molecule has 0 spiro atoms. The molecule has 2 aliphatic carbocycles. The van der Waals surface area contributed by atoms with Crippen molar-refractivity contribution in [3.05, 3.63) is 5.89 Å². The van der Waals surface area contributed by atoms with E-state index in [0.717, 1.165) is 25.2 Å². The molecule has 1 heterocycles. The van der Waals surface area contributed by atoms with Crippen molar-refractivity contribution in [1.29, 1.82) is 0 Å². The summed E-state index contributed by atoms with van der Waals surface area (Å²) in [5.74, 6) is 2.21. The van der Waals surface area contributed by atoms with Crippen LogP contribution < -0.4 is 5.32 Å². The molecule has 2 fully saturated rings. The number of thioether (sulfide) groups is 1. The number of hydrogen-bond acceptors (Lipinski definition) is 5. The van der Waals surface area contributed by atoms with Gasteiger partial charge in [0.2, 0.25) is 11.8 Å². The Morgan fingerprint density at radius 3 is 2.85 bits per heavy atom. The Bertz CT molecular complexity index is 473. The molecule has 2 saturated carbocycles. The first-order valence-electron chi connectivity index (χ1n) is 7.48. The van der Waals surface area contributed by atoms with Crippen molar-refractivity contribution in [1.82, 2.24) is 15.5 Å². The van der Waals surface area contributed by atoms with Gasteiger partial charge in [-0.2, -0.15) is 0 Å². The van der Waals surface area contributed by atoms with Crippen molar-refractivity contribution >= 4 is 17.7 Å². The zero-order chi connectivity index (χ0) is 13.9. The van der Waals surface area contributed by atoms with Crippen LogP contribution in [0.25, 0.3) is 0 Å². The van der Waals surface area contributed by atoms with E-state index in [1.807, 2.05) is 0 Å². The number of amides is 1. The third kappa shape index (κ3) is 3.53. The second-order valence-corrected chi connectivity index (χ2v) is 6.83. The van der Waals surface area contributed by atoms with Crippen LogP contribution in [0.1, 0.15) is 57.3 Å². The van der Waals surface area contributed by atoms with Crippen molar-refractivity contribution in [2.75, 3.05) is 5.75 Å². The highest BCUT2D eigenvalue weighted by molar-refractivity contribution is 7.99. The minimum Gasteiger partial charge on any atom is -0.416 e. The predicted octanol–water partition coefficient (Wildman–Crippen LogP) is 2.73. The lowest BCUT2D eigenvalue weighted by Gasteiger charge is -2.29. The van der Waals surface area contributed by atoms with Crippen LogP contribution in [0.3, 0.4) is 0 Å². The van der Waals surface area contributed by atoms with Gasteiger partial charge < -0.3 is 9.73 Å². The Morgan fingerprint density at radius 1 is 1.30 bits per heavy atom. The van der Waals surface area contributed by atoms with Crippen molar-refractivity contribution in [3.8, 4) is 0 Å². The Hall–Kier alpha value is -1.04. The monoisotopic (exact) mass is 295 g/mol. The summed E-state index contributed by atoms with van der Waals surface area (Å²) in [7, 11) is 0. The van der Waals surface area contributed by atoms with Gasteiger partial charge in [0.1, 0.15) is 0 Å². The van der Waals surface area contributed by atoms with E-state index in [1.54, 1.807) is 0 Å². The molecule has 3 rings (SSSR count). The maximum absolute atomic E-state index is 12.0. The van der Waals surface area contributed by atoms with Crippen molar-refractivity contribution in [3.63, 3.8) is 0 Å². The molecule has 1 aromatic rings. The standard InChI is InChI=1S/C14H21N3O2S/c1-9-4-2-3-5-11(9)15-12(18)8-20-14-17-16-13(19-14)10-6-7-10/h9-11H,2-8H2,1H3,(H,15,18)/t9-,11-/m0/s1. The average molecular weight is 295 g/mol. The molecule has 20 heavy (non-hydrogen) atoms. The second-order valence-electron chi connectivity index (χ2n) is 5.90. The molecular formula is C14H21N3O2S. The largest absolute Gasteiger partial charge is 0.416 e. The van der Waals surface area contributed by atoms with Crippen molar-refractivity contribution in [2.24, 2.45) is 5.92 Å². The van der Waals surface area contributed by atoms with E-state index in [2.05, 4.69) is 22.4 Å². The molecule has 6 heteroatoms. The topological polar surface area (TPSA) is 68.0 Å². The van der Waals surface area contributed by atoms with E-state index in [0.29, 0.717) is 28.9 Å². The number of nitrogens with zero attached hydrogens (tertiary/aromatic N) is 2. The van der Waals surface area contributed by atoms with Crippen LogP contribution in [0.15, 0.2) is 9.64 Å². The molecule has 0 unspecified atom stereocenters.